The van der Waals surface area contributed by atoms with Crippen molar-refractivity contribution < 1.29 is 9.18 Å². The Balaban J connectivity index is 1.88. The number of amides is 1. The fourth-order valence-electron chi connectivity index (χ4n) is 2.69. The molecule has 1 aromatic carbocycles. The zero-order valence-corrected chi connectivity index (χ0v) is 12.1. The molecule has 0 saturated heterocycles. The molecule has 2 rings (SSSR count). The molecular formula is C17H21FN2O. The number of rotatable bonds is 4. The van der Waals surface area contributed by atoms with Crippen LogP contribution >= 0.6 is 0 Å². The molecule has 112 valence electrons. The number of halogens is 1. The van der Waals surface area contributed by atoms with Gasteiger partial charge >= 0.3 is 0 Å². The lowest BCUT2D eigenvalue weighted by Crippen LogP contribution is -2.13. The highest BCUT2D eigenvalue weighted by atomic mass is 19.1. The summed E-state index contributed by atoms with van der Waals surface area (Å²) in [5.74, 6) is 5.50. The van der Waals surface area contributed by atoms with Gasteiger partial charge in [0.05, 0.1) is 12.2 Å². The quantitative estimate of drug-likeness (QED) is 0.837. The van der Waals surface area contributed by atoms with Gasteiger partial charge in [-0.1, -0.05) is 37.5 Å². The van der Waals surface area contributed by atoms with Gasteiger partial charge in [0, 0.05) is 12.0 Å². The van der Waals surface area contributed by atoms with Crippen LogP contribution in [-0.2, 0) is 4.79 Å². The number of carbonyl (C=O) groups excluding carboxylic acids is 1. The summed E-state index contributed by atoms with van der Waals surface area (Å²) in [7, 11) is 0. The number of nitrogens with two attached hydrogens (primary N) is 1. The molecule has 0 bridgehead atoms. The molecule has 1 amide bonds. The molecule has 1 saturated carbocycles. The Bertz CT molecular complexity index is 554. The van der Waals surface area contributed by atoms with Gasteiger partial charge in [-0.3, -0.25) is 4.79 Å². The third kappa shape index (κ3) is 4.87. The van der Waals surface area contributed by atoms with Gasteiger partial charge in [-0.25, -0.2) is 4.39 Å². The minimum absolute atomic E-state index is 0.124. The highest BCUT2D eigenvalue weighted by Crippen LogP contribution is 2.28. The van der Waals surface area contributed by atoms with Crippen molar-refractivity contribution in [2.75, 3.05) is 11.9 Å². The summed E-state index contributed by atoms with van der Waals surface area (Å²) in [6, 6.07) is 4.54. The van der Waals surface area contributed by atoms with Crippen LogP contribution in [0.25, 0.3) is 0 Å². The largest absolute Gasteiger partial charge is 0.324 e. The van der Waals surface area contributed by atoms with E-state index in [0.29, 0.717) is 17.9 Å². The standard InChI is InChI=1S/C17H21FN2O/c18-15-12-14(6-3-11-19)7-9-16(15)20-17(21)10-8-13-4-1-2-5-13/h7,9,12-13H,1-2,4-5,8,10-11,19H2,(H,20,21). The van der Waals surface area contributed by atoms with Gasteiger partial charge in [0.15, 0.2) is 0 Å². The summed E-state index contributed by atoms with van der Waals surface area (Å²) < 4.78 is 13.9. The minimum Gasteiger partial charge on any atom is -0.324 e. The third-order valence-corrected chi connectivity index (χ3v) is 3.83. The number of hydrogen-bond donors (Lipinski definition) is 2. The van der Waals surface area contributed by atoms with E-state index in [0.717, 1.165) is 6.42 Å². The molecule has 0 spiro atoms. The smallest absolute Gasteiger partial charge is 0.224 e. The van der Waals surface area contributed by atoms with Crippen LogP contribution in [0.4, 0.5) is 10.1 Å². The molecule has 21 heavy (non-hydrogen) atoms. The van der Waals surface area contributed by atoms with Crippen molar-refractivity contribution in [2.24, 2.45) is 11.7 Å². The first-order chi connectivity index (χ1) is 10.2. The van der Waals surface area contributed by atoms with Crippen LogP contribution in [0.3, 0.4) is 0 Å². The first-order valence-electron chi connectivity index (χ1n) is 7.47. The third-order valence-electron chi connectivity index (χ3n) is 3.83. The summed E-state index contributed by atoms with van der Waals surface area (Å²) in [4.78, 5) is 11.9. The van der Waals surface area contributed by atoms with E-state index in [2.05, 4.69) is 17.2 Å². The first-order valence-corrected chi connectivity index (χ1v) is 7.47. The SMILES string of the molecule is NCC#Cc1ccc(NC(=O)CCC2CCCC2)c(F)c1. The normalized spacial score (nSPS) is 14.6. The highest BCUT2D eigenvalue weighted by Gasteiger charge is 2.16. The molecule has 1 aliphatic carbocycles. The number of hydrogen-bond acceptors (Lipinski definition) is 2. The molecule has 0 heterocycles. The lowest BCUT2D eigenvalue weighted by Gasteiger charge is -2.10. The summed E-state index contributed by atoms with van der Waals surface area (Å²) in [6.07, 6.45) is 6.33. The van der Waals surface area contributed by atoms with Crippen molar-refractivity contribution in [1.82, 2.24) is 0 Å². The molecule has 0 atom stereocenters. The highest BCUT2D eigenvalue weighted by molar-refractivity contribution is 5.90. The summed E-state index contributed by atoms with van der Waals surface area (Å²) in [5.41, 5.74) is 6.04. The molecule has 0 aromatic heterocycles. The summed E-state index contributed by atoms with van der Waals surface area (Å²) in [6.45, 7) is 0.237. The topological polar surface area (TPSA) is 55.1 Å². The van der Waals surface area contributed by atoms with E-state index in [9.17, 15) is 9.18 Å². The number of benzene rings is 1. The number of nitrogens with one attached hydrogen (secondary N) is 1. The average Bonchev–Trinajstić information content (AvgIpc) is 2.99. The van der Waals surface area contributed by atoms with Crippen LogP contribution < -0.4 is 11.1 Å². The maximum atomic E-state index is 13.9. The van der Waals surface area contributed by atoms with Crippen LogP contribution in [0.1, 0.15) is 44.1 Å². The van der Waals surface area contributed by atoms with Gasteiger partial charge in [0.1, 0.15) is 5.82 Å². The maximum absolute atomic E-state index is 13.9. The summed E-state index contributed by atoms with van der Waals surface area (Å²) >= 11 is 0. The van der Waals surface area contributed by atoms with Gasteiger partial charge in [0.2, 0.25) is 5.91 Å². The maximum Gasteiger partial charge on any atom is 0.224 e. The minimum atomic E-state index is -0.465. The Morgan fingerprint density at radius 1 is 1.38 bits per heavy atom. The number of anilines is 1. The van der Waals surface area contributed by atoms with Crippen LogP contribution in [0.15, 0.2) is 18.2 Å². The van der Waals surface area contributed by atoms with Gasteiger partial charge in [-0.15, -0.1) is 0 Å². The average molecular weight is 288 g/mol. The Hall–Kier alpha value is -1.86. The van der Waals surface area contributed by atoms with E-state index in [-0.39, 0.29) is 18.1 Å². The van der Waals surface area contributed by atoms with Gasteiger partial charge in [-0.05, 0) is 30.5 Å². The summed E-state index contributed by atoms with van der Waals surface area (Å²) in [5, 5.41) is 2.63. The molecular weight excluding hydrogens is 267 g/mol. The lowest BCUT2D eigenvalue weighted by molar-refractivity contribution is -0.116. The van der Waals surface area contributed by atoms with Crippen molar-refractivity contribution in [2.45, 2.75) is 38.5 Å². The molecule has 0 aliphatic heterocycles. The van der Waals surface area contributed by atoms with Crippen molar-refractivity contribution in [3.05, 3.63) is 29.6 Å². The van der Waals surface area contributed by atoms with Crippen molar-refractivity contribution in [3.63, 3.8) is 0 Å². The van der Waals surface area contributed by atoms with Gasteiger partial charge in [0.25, 0.3) is 0 Å². The zero-order valence-electron chi connectivity index (χ0n) is 12.1. The van der Waals surface area contributed by atoms with E-state index in [1.54, 1.807) is 12.1 Å². The molecule has 1 aliphatic rings. The van der Waals surface area contributed by atoms with Crippen LogP contribution in [0, 0.1) is 23.6 Å². The second-order valence-corrected chi connectivity index (χ2v) is 5.44. The Morgan fingerprint density at radius 3 is 2.81 bits per heavy atom. The molecule has 4 heteroatoms. The van der Waals surface area contributed by atoms with Crippen LogP contribution in [0.5, 0.6) is 0 Å². The fourth-order valence-corrected chi connectivity index (χ4v) is 2.69. The number of carbonyl (C=O) groups is 1. The fraction of sp³-hybridized carbons (Fsp3) is 0.471. The molecule has 3 nitrogen and oxygen atoms in total. The van der Waals surface area contributed by atoms with E-state index < -0.39 is 5.82 Å². The second-order valence-electron chi connectivity index (χ2n) is 5.44. The van der Waals surface area contributed by atoms with Crippen molar-refractivity contribution >= 4 is 11.6 Å². The molecule has 1 aromatic rings. The van der Waals surface area contributed by atoms with E-state index in [1.165, 1.54) is 31.7 Å². The Labute approximate surface area is 125 Å². The van der Waals surface area contributed by atoms with Gasteiger partial charge < -0.3 is 11.1 Å². The van der Waals surface area contributed by atoms with E-state index in [1.807, 2.05) is 0 Å². The van der Waals surface area contributed by atoms with E-state index in [4.69, 9.17) is 5.73 Å². The van der Waals surface area contributed by atoms with E-state index >= 15 is 0 Å². The monoisotopic (exact) mass is 288 g/mol. The van der Waals surface area contributed by atoms with Crippen molar-refractivity contribution in [3.8, 4) is 11.8 Å². The van der Waals surface area contributed by atoms with Crippen molar-refractivity contribution in [1.29, 1.82) is 0 Å². The molecule has 0 unspecified atom stereocenters. The molecule has 3 N–H and O–H groups in total. The lowest BCUT2D eigenvalue weighted by atomic mass is 10.0. The first kappa shape index (κ1) is 15.5. The van der Waals surface area contributed by atoms with Crippen LogP contribution in [0.2, 0.25) is 0 Å². The van der Waals surface area contributed by atoms with Gasteiger partial charge in [-0.2, -0.15) is 0 Å². The predicted octanol–water partition coefficient (Wildman–Crippen LogP) is 3.04. The molecule has 0 radical (unpaired) electrons. The van der Waals surface area contributed by atoms with Crippen LogP contribution in [-0.4, -0.2) is 12.5 Å². The Morgan fingerprint density at radius 2 is 2.14 bits per heavy atom. The Kier molecular flexibility index (Phi) is 5.77. The zero-order chi connectivity index (χ0) is 15.1. The predicted molar refractivity (Wildman–Crippen MR) is 82.2 cm³/mol. The second kappa shape index (κ2) is 7.80. The molecule has 1 fully saturated rings.